The first-order valence-corrected chi connectivity index (χ1v) is 25.8. The van der Waals surface area contributed by atoms with Crippen LogP contribution >= 0.6 is 0 Å². The van der Waals surface area contributed by atoms with Crippen LogP contribution in [0.3, 0.4) is 0 Å². The lowest BCUT2D eigenvalue weighted by molar-refractivity contribution is 1.18. The van der Waals surface area contributed by atoms with Crippen molar-refractivity contribution in [3.8, 4) is 44.8 Å². The van der Waals surface area contributed by atoms with Gasteiger partial charge in [-0.2, -0.15) is 0 Å². The Kier molecular flexibility index (Phi) is 9.89. The molecule has 3 heteroatoms. The second kappa shape index (κ2) is 17.4. The van der Waals surface area contributed by atoms with Gasteiger partial charge in [0.1, 0.15) is 0 Å². The molecule has 0 saturated heterocycles. The Morgan fingerprint density at radius 2 is 0.640 bits per heavy atom. The molecule has 0 aliphatic heterocycles. The molecule has 0 saturated carbocycles. The summed E-state index contributed by atoms with van der Waals surface area (Å²) < 4.78 is 4.84. The number of anilines is 3. The lowest BCUT2D eigenvalue weighted by atomic mass is 9.86. The van der Waals surface area contributed by atoms with Crippen molar-refractivity contribution in [1.82, 2.24) is 9.13 Å². The fraction of sp³-hybridized carbons (Fsp3) is 0. The van der Waals surface area contributed by atoms with Crippen LogP contribution in [0.1, 0.15) is 0 Å². The number of fused-ring (bicyclic) bond motifs is 9. The monoisotopic (exact) mass is 953 g/mol. The first kappa shape index (κ1) is 42.7. The molecule has 0 unspecified atom stereocenters. The van der Waals surface area contributed by atoms with Crippen LogP contribution in [0.4, 0.5) is 17.1 Å². The van der Waals surface area contributed by atoms with Crippen molar-refractivity contribution in [2.75, 3.05) is 4.90 Å². The summed E-state index contributed by atoms with van der Waals surface area (Å²) in [6, 6.07) is 105. The zero-order valence-corrected chi connectivity index (χ0v) is 41.0. The van der Waals surface area contributed by atoms with E-state index < -0.39 is 0 Å². The topological polar surface area (TPSA) is 13.1 Å². The highest BCUT2D eigenvalue weighted by atomic mass is 15.1. The van der Waals surface area contributed by atoms with Crippen molar-refractivity contribution in [2.24, 2.45) is 0 Å². The van der Waals surface area contributed by atoms with E-state index in [4.69, 9.17) is 0 Å². The van der Waals surface area contributed by atoms with Gasteiger partial charge in [0.2, 0.25) is 0 Å². The second-order valence-electron chi connectivity index (χ2n) is 19.6. The highest BCUT2D eigenvalue weighted by Crippen LogP contribution is 2.50. The van der Waals surface area contributed by atoms with E-state index in [0.29, 0.717) is 0 Å². The summed E-state index contributed by atoms with van der Waals surface area (Å²) in [7, 11) is 0. The zero-order chi connectivity index (χ0) is 49.4. The molecule has 0 fully saturated rings. The SMILES string of the molecule is c1ccc(N(c2cccc3ccccc23)c2c3ccccc3c(-c3cc(-c4ccc5c6ccccc6n(-c6ccccc6)c5c4)cc(-c4ccc5c6ccccc6n(-c6ccccc6)c5c4)c3)c3ccccc23)cc1. The minimum absolute atomic E-state index is 1.10. The Hall–Kier alpha value is -9.96. The summed E-state index contributed by atoms with van der Waals surface area (Å²) in [6.45, 7) is 0. The van der Waals surface area contributed by atoms with E-state index in [1.165, 1.54) is 81.5 Å². The largest absolute Gasteiger partial charge is 0.309 e. The molecule has 15 rings (SSSR count). The molecular formula is C72H47N3. The number of aromatic nitrogens is 2. The van der Waals surface area contributed by atoms with Crippen molar-refractivity contribution >= 4 is 93.0 Å². The lowest BCUT2D eigenvalue weighted by Crippen LogP contribution is -2.12. The zero-order valence-electron chi connectivity index (χ0n) is 41.0. The maximum atomic E-state index is 2.49. The molecule has 13 aromatic carbocycles. The summed E-state index contributed by atoms with van der Waals surface area (Å²) in [6.07, 6.45) is 0. The highest BCUT2D eigenvalue weighted by Gasteiger charge is 2.25. The molecule has 2 heterocycles. The minimum atomic E-state index is 1.10. The molecule has 3 nitrogen and oxygen atoms in total. The average Bonchev–Trinajstić information content (AvgIpc) is 4.01. The molecule has 75 heavy (non-hydrogen) atoms. The fourth-order valence-electron chi connectivity index (χ4n) is 12.1. The van der Waals surface area contributed by atoms with E-state index in [2.05, 4.69) is 299 Å². The molecule has 0 bridgehead atoms. The Bertz CT molecular complexity index is 4460. The second-order valence-corrected chi connectivity index (χ2v) is 19.6. The van der Waals surface area contributed by atoms with Crippen molar-refractivity contribution in [3.05, 3.63) is 285 Å². The summed E-state index contributed by atoms with van der Waals surface area (Å²) in [5, 5.41) is 12.1. The van der Waals surface area contributed by atoms with E-state index in [9.17, 15) is 0 Å². The first-order valence-electron chi connectivity index (χ1n) is 25.8. The fourth-order valence-corrected chi connectivity index (χ4v) is 12.1. The molecule has 0 N–H and O–H groups in total. The molecule has 0 aliphatic rings. The maximum Gasteiger partial charge on any atom is 0.0619 e. The molecule has 350 valence electrons. The van der Waals surface area contributed by atoms with E-state index in [-0.39, 0.29) is 0 Å². The summed E-state index contributed by atoms with van der Waals surface area (Å²) >= 11 is 0. The van der Waals surface area contributed by atoms with Crippen LogP contribution in [-0.4, -0.2) is 9.13 Å². The molecular weight excluding hydrogens is 907 g/mol. The summed E-state index contributed by atoms with van der Waals surface area (Å²) in [5.74, 6) is 0. The third kappa shape index (κ3) is 6.90. The molecule has 0 amide bonds. The van der Waals surface area contributed by atoms with Crippen LogP contribution in [0.5, 0.6) is 0 Å². The van der Waals surface area contributed by atoms with Crippen LogP contribution in [0.15, 0.2) is 285 Å². The predicted molar refractivity (Wildman–Crippen MR) is 319 cm³/mol. The van der Waals surface area contributed by atoms with Gasteiger partial charge in [0, 0.05) is 54.8 Å². The van der Waals surface area contributed by atoms with E-state index in [1.54, 1.807) is 0 Å². The molecule has 15 aromatic rings. The van der Waals surface area contributed by atoms with Crippen molar-refractivity contribution in [2.45, 2.75) is 0 Å². The Morgan fingerprint density at radius 1 is 0.240 bits per heavy atom. The van der Waals surface area contributed by atoms with Crippen LogP contribution in [-0.2, 0) is 0 Å². The number of para-hydroxylation sites is 5. The van der Waals surface area contributed by atoms with Gasteiger partial charge < -0.3 is 14.0 Å². The average molecular weight is 954 g/mol. The number of rotatable bonds is 8. The number of nitrogens with zero attached hydrogens (tertiary/aromatic N) is 3. The van der Waals surface area contributed by atoms with Crippen molar-refractivity contribution < 1.29 is 0 Å². The van der Waals surface area contributed by atoms with Gasteiger partial charge in [0.25, 0.3) is 0 Å². The first-order chi connectivity index (χ1) is 37.2. The standard InChI is InChI=1S/C72H47N3/c1-4-23-54(24-5-1)73-67-36-18-16-30-58(67)60-41-39-49(46-69(60)73)51-43-52(50-40-42-61-59-31-17-19-37-68(59)74(70(61)47-50)55-25-6-2-7-26-55)45-53(44-51)71-62-32-12-14-34-64(62)72(65-35-15-13-33-63(65)71)75(56-27-8-3-9-28-56)66-38-20-22-48-21-10-11-29-57(48)66/h1-47H. The number of hydrogen-bond acceptors (Lipinski definition) is 1. The van der Waals surface area contributed by atoms with Gasteiger partial charge in [-0.05, 0) is 134 Å². The Balaban J connectivity index is 1.02. The quantitative estimate of drug-likeness (QED) is 0.138. The third-order valence-corrected chi connectivity index (χ3v) is 15.4. The van der Waals surface area contributed by atoms with Gasteiger partial charge in [0.15, 0.2) is 0 Å². The summed E-state index contributed by atoms with van der Waals surface area (Å²) in [4.78, 5) is 2.49. The molecule has 2 aromatic heterocycles. The molecule has 0 atom stereocenters. The third-order valence-electron chi connectivity index (χ3n) is 15.4. The van der Waals surface area contributed by atoms with Gasteiger partial charge in [0.05, 0.1) is 33.4 Å². The highest BCUT2D eigenvalue weighted by molar-refractivity contribution is 6.23. The van der Waals surface area contributed by atoms with E-state index >= 15 is 0 Å². The normalized spacial score (nSPS) is 11.7. The molecule has 0 radical (unpaired) electrons. The lowest BCUT2D eigenvalue weighted by Gasteiger charge is -2.30. The minimum Gasteiger partial charge on any atom is -0.309 e. The van der Waals surface area contributed by atoms with E-state index in [1.807, 2.05) is 0 Å². The van der Waals surface area contributed by atoms with Gasteiger partial charge >= 0.3 is 0 Å². The predicted octanol–water partition coefficient (Wildman–Crippen LogP) is 19.8. The van der Waals surface area contributed by atoms with E-state index in [0.717, 1.165) is 56.3 Å². The van der Waals surface area contributed by atoms with Gasteiger partial charge in [-0.3, -0.25) is 0 Å². The van der Waals surface area contributed by atoms with Crippen molar-refractivity contribution in [3.63, 3.8) is 0 Å². The van der Waals surface area contributed by atoms with Crippen LogP contribution in [0.25, 0.3) is 121 Å². The Labute approximate surface area is 434 Å². The Morgan fingerprint density at radius 3 is 1.17 bits per heavy atom. The van der Waals surface area contributed by atoms with Crippen LogP contribution in [0, 0.1) is 0 Å². The van der Waals surface area contributed by atoms with Crippen molar-refractivity contribution in [1.29, 1.82) is 0 Å². The van der Waals surface area contributed by atoms with Gasteiger partial charge in [-0.15, -0.1) is 0 Å². The molecule has 0 spiro atoms. The van der Waals surface area contributed by atoms with Gasteiger partial charge in [-0.25, -0.2) is 0 Å². The number of hydrogen-bond donors (Lipinski definition) is 0. The maximum absolute atomic E-state index is 2.49. The van der Waals surface area contributed by atoms with Crippen LogP contribution in [0.2, 0.25) is 0 Å². The molecule has 0 aliphatic carbocycles. The smallest absolute Gasteiger partial charge is 0.0619 e. The number of benzene rings is 13. The van der Waals surface area contributed by atoms with Crippen LogP contribution < -0.4 is 4.90 Å². The summed E-state index contributed by atoms with van der Waals surface area (Å²) in [5.41, 5.74) is 17.4. The van der Waals surface area contributed by atoms with Gasteiger partial charge in [-0.1, -0.05) is 200 Å².